The first-order valence-electron chi connectivity index (χ1n) is 6.28. The van der Waals surface area contributed by atoms with Gasteiger partial charge in [-0.15, -0.1) is 0 Å². The van der Waals surface area contributed by atoms with Crippen LogP contribution in [0.2, 0.25) is 0 Å². The third kappa shape index (κ3) is 2.15. The van der Waals surface area contributed by atoms with Crippen molar-refractivity contribution in [2.45, 2.75) is 45.8 Å². The smallest absolute Gasteiger partial charge is 0.165 e. The van der Waals surface area contributed by atoms with Gasteiger partial charge >= 0.3 is 0 Å². The first kappa shape index (κ1) is 13.1. The lowest BCUT2D eigenvalue weighted by Gasteiger charge is -2.26. The molecule has 3 atom stereocenters. The van der Waals surface area contributed by atoms with E-state index in [0.717, 1.165) is 11.1 Å². The lowest BCUT2D eigenvalue weighted by Crippen LogP contribution is -2.41. The van der Waals surface area contributed by atoms with Gasteiger partial charge in [-0.1, -0.05) is 17.2 Å². The van der Waals surface area contributed by atoms with E-state index in [4.69, 9.17) is 4.74 Å². The Morgan fingerprint density at radius 1 is 1.56 bits per heavy atom. The van der Waals surface area contributed by atoms with Crippen molar-refractivity contribution in [3.05, 3.63) is 35.1 Å². The highest BCUT2D eigenvalue weighted by Crippen LogP contribution is 2.44. The highest BCUT2D eigenvalue weighted by Gasteiger charge is 2.54. The molecule has 1 aliphatic heterocycles. The molecule has 0 bridgehead atoms. The maximum absolute atomic E-state index is 12.0. The van der Waals surface area contributed by atoms with Crippen molar-refractivity contribution >= 4 is 5.78 Å². The van der Waals surface area contributed by atoms with Crippen LogP contribution < -0.4 is 0 Å². The quantitative estimate of drug-likeness (QED) is 0.775. The summed E-state index contributed by atoms with van der Waals surface area (Å²) in [6.07, 6.45) is 5.78. The molecule has 18 heavy (non-hydrogen) atoms. The summed E-state index contributed by atoms with van der Waals surface area (Å²) in [5.41, 5.74) is 0.933. The van der Waals surface area contributed by atoms with E-state index in [2.05, 4.69) is 0 Å². The van der Waals surface area contributed by atoms with E-state index in [1.54, 1.807) is 19.1 Å². The van der Waals surface area contributed by atoms with Gasteiger partial charge in [-0.2, -0.15) is 0 Å². The minimum Gasteiger partial charge on any atom is -0.490 e. The number of fused-ring (bicyclic) bond motifs is 1. The third-order valence-corrected chi connectivity index (χ3v) is 3.54. The van der Waals surface area contributed by atoms with Crippen molar-refractivity contribution in [1.29, 1.82) is 0 Å². The van der Waals surface area contributed by atoms with Gasteiger partial charge in [0.25, 0.3) is 0 Å². The fraction of sp³-hybridized carbons (Fsp3) is 0.533. The first-order chi connectivity index (χ1) is 8.32. The van der Waals surface area contributed by atoms with Crippen LogP contribution >= 0.6 is 0 Å². The molecular weight excluding hydrogens is 228 g/mol. The van der Waals surface area contributed by atoms with Crippen molar-refractivity contribution in [3.63, 3.8) is 0 Å². The Hall–Kier alpha value is -1.35. The molecule has 2 rings (SSSR count). The number of carbonyl (C=O) groups excluding carboxylic acids is 1. The van der Waals surface area contributed by atoms with Gasteiger partial charge in [-0.05, 0) is 39.8 Å². The molecule has 0 amide bonds. The summed E-state index contributed by atoms with van der Waals surface area (Å²) in [6.45, 7) is 7.54. The predicted octanol–water partition coefficient (Wildman–Crippen LogP) is 2.52. The minimum atomic E-state index is -1.20. The van der Waals surface area contributed by atoms with E-state index in [1.165, 1.54) is 0 Å². The zero-order valence-electron chi connectivity index (χ0n) is 11.4. The second-order valence-corrected chi connectivity index (χ2v) is 5.65. The maximum Gasteiger partial charge on any atom is 0.165 e. The monoisotopic (exact) mass is 248 g/mol. The lowest BCUT2D eigenvalue weighted by molar-refractivity contribution is -0.125. The Labute approximate surface area is 108 Å². The van der Waals surface area contributed by atoms with Gasteiger partial charge in [0, 0.05) is 6.42 Å². The molecule has 0 radical (unpaired) electrons. The molecule has 1 N–H and O–H groups in total. The fourth-order valence-electron chi connectivity index (χ4n) is 2.64. The molecule has 0 spiro atoms. The summed E-state index contributed by atoms with van der Waals surface area (Å²) in [7, 11) is 0. The fourth-order valence-corrected chi connectivity index (χ4v) is 2.64. The first-order valence-corrected chi connectivity index (χ1v) is 6.28. The van der Waals surface area contributed by atoms with Gasteiger partial charge < -0.3 is 9.84 Å². The molecule has 2 aliphatic rings. The molecule has 3 nitrogen and oxygen atoms in total. The number of aliphatic hydroxyl groups is 1. The largest absolute Gasteiger partial charge is 0.490 e. The predicted molar refractivity (Wildman–Crippen MR) is 69.9 cm³/mol. The van der Waals surface area contributed by atoms with E-state index < -0.39 is 11.5 Å². The molecule has 0 saturated carbocycles. The number of ether oxygens (including phenoxy) is 1. The third-order valence-electron chi connectivity index (χ3n) is 3.54. The van der Waals surface area contributed by atoms with Gasteiger partial charge in [0.05, 0.1) is 5.92 Å². The van der Waals surface area contributed by atoms with E-state index in [9.17, 15) is 9.90 Å². The highest BCUT2D eigenvalue weighted by atomic mass is 16.5. The van der Waals surface area contributed by atoms with Crippen molar-refractivity contribution < 1.29 is 14.6 Å². The van der Waals surface area contributed by atoms with Gasteiger partial charge in [0.2, 0.25) is 0 Å². The van der Waals surface area contributed by atoms with Gasteiger partial charge in [0.15, 0.2) is 5.78 Å². The molecule has 1 saturated heterocycles. The van der Waals surface area contributed by atoms with Crippen molar-refractivity contribution in [2.24, 2.45) is 5.92 Å². The average Bonchev–Trinajstić information content (AvgIpc) is 2.46. The maximum atomic E-state index is 12.0. The van der Waals surface area contributed by atoms with Crippen LogP contribution in [0.5, 0.6) is 0 Å². The van der Waals surface area contributed by atoms with Crippen LogP contribution in [0.15, 0.2) is 35.1 Å². The molecule has 0 aromatic carbocycles. The molecule has 1 aliphatic carbocycles. The van der Waals surface area contributed by atoms with E-state index in [-0.39, 0.29) is 11.9 Å². The van der Waals surface area contributed by atoms with Gasteiger partial charge in [-0.25, -0.2) is 0 Å². The molecule has 1 fully saturated rings. The summed E-state index contributed by atoms with van der Waals surface area (Å²) < 4.78 is 5.78. The van der Waals surface area contributed by atoms with Crippen molar-refractivity contribution in [2.75, 3.05) is 0 Å². The topological polar surface area (TPSA) is 46.5 Å². The summed E-state index contributed by atoms with van der Waals surface area (Å²) in [4.78, 5) is 12.0. The number of allylic oxidation sites excluding steroid dienone is 4. The molecule has 0 aromatic heterocycles. The van der Waals surface area contributed by atoms with Crippen molar-refractivity contribution in [1.82, 2.24) is 0 Å². The number of ketones is 1. The number of rotatable bonds is 1. The Balaban J connectivity index is 2.35. The van der Waals surface area contributed by atoms with Crippen LogP contribution in [0.1, 0.15) is 34.1 Å². The molecule has 98 valence electrons. The van der Waals surface area contributed by atoms with E-state index in [0.29, 0.717) is 12.2 Å². The number of carbonyl (C=O) groups is 1. The highest BCUT2D eigenvalue weighted by molar-refractivity contribution is 5.95. The molecule has 0 aromatic rings. The van der Waals surface area contributed by atoms with Gasteiger partial charge in [0.1, 0.15) is 17.5 Å². The Morgan fingerprint density at radius 2 is 2.22 bits per heavy atom. The van der Waals surface area contributed by atoms with Crippen LogP contribution in [-0.4, -0.2) is 22.6 Å². The number of hydrogen-bond acceptors (Lipinski definition) is 3. The Kier molecular flexibility index (Phi) is 3.20. The standard InChI is InChI=1S/C15H20O3/c1-9(2)5-6-13-15(4,17)14-11(16)7-10(3)8-12(14)18-13/h5-7,12,14,17H,8H2,1-4H3/b13-6-/t12-,14+,15-/m0/s1. The zero-order chi connectivity index (χ0) is 13.5. The summed E-state index contributed by atoms with van der Waals surface area (Å²) in [6, 6.07) is 0. The zero-order valence-corrected chi connectivity index (χ0v) is 11.4. The van der Waals surface area contributed by atoms with Crippen LogP contribution in [-0.2, 0) is 9.53 Å². The van der Waals surface area contributed by atoms with E-state index >= 15 is 0 Å². The second kappa shape index (κ2) is 4.39. The Bertz CT molecular complexity index is 462. The van der Waals surface area contributed by atoms with Crippen LogP contribution in [0.4, 0.5) is 0 Å². The van der Waals surface area contributed by atoms with Crippen LogP contribution in [0.25, 0.3) is 0 Å². The second-order valence-electron chi connectivity index (χ2n) is 5.65. The van der Waals surface area contributed by atoms with Gasteiger partial charge in [-0.3, -0.25) is 4.79 Å². The van der Waals surface area contributed by atoms with Crippen LogP contribution in [0.3, 0.4) is 0 Å². The summed E-state index contributed by atoms with van der Waals surface area (Å²) in [5.74, 6) is -0.0116. The molecule has 3 heteroatoms. The lowest BCUT2D eigenvalue weighted by atomic mass is 9.77. The number of hydrogen-bond donors (Lipinski definition) is 1. The van der Waals surface area contributed by atoms with Crippen molar-refractivity contribution in [3.8, 4) is 0 Å². The normalized spacial score (nSPS) is 37.1. The summed E-state index contributed by atoms with van der Waals surface area (Å²) >= 11 is 0. The average molecular weight is 248 g/mol. The summed E-state index contributed by atoms with van der Waals surface area (Å²) in [5, 5.41) is 10.5. The Morgan fingerprint density at radius 3 is 2.83 bits per heavy atom. The molecular formula is C15H20O3. The minimum absolute atomic E-state index is 0.0330. The van der Waals surface area contributed by atoms with Crippen LogP contribution in [0, 0.1) is 5.92 Å². The SMILES string of the molecule is CC(C)=C/C=C1\O[C@H]2CC(C)=CC(=O)[C@H]2[C@@]1(C)O. The van der Waals surface area contributed by atoms with E-state index in [1.807, 2.05) is 26.8 Å². The molecule has 0 unspecified atom stereocenters. The molecule has 1 heterocycles.